The summed E-state index contributed by atoms with van der Waals surface area (Å²) in [6.45, 7) is 3.62. The average Bonchev–Trinajstić information content (AvgIpc) is 2.57. The highest BCUT2D eigenvalue weighted by molar-refractivity contribution is 6.32. The van der Waals surface area contributed by atoms with Gasteiger partial charge in [0.1, 0.15) is 5.75 Å². The Hall–Kier alpha value is -1.71. The lowest BCUT2D eigenvalue weighted by molar-refractivity contribution is 0.305. The van der Waals surface area contributed by atoms with E-state index in [4.69, 9.17) is 16.3 Å². The van der Waals surface area contributed by atoms with Crippen LogP contribution in [0.1, 0.15) is 38.2 Å². The van der Waals surface area contributed by atoms with Gasteiger partial charge in [0.2, 0.25) is 0 Å². The summed E-state index contributed by atoms with van der Waals surface area (Å²) >= 11 is 6.29. The second kappa shape index (κ2) is 10.1. The van der Waals surface area contributed by atoms with Crippen LogP contribution in [0, 0.1) is 0 Å². The molecule has 0 radical (unpaired) electrons. The van der Waals surface area contributed by atoms with Crippen molar-refractivity contribution in [2.24, 2.45) is 0 Å². The third-order valence-electron chi connectivity index (χ3n) is 3.55. The quantitative estimate of drug-likeness (QED) is 0.450. The first-order valence-electron chi connectivity index (χ1n) is 8.24. The first-order chi connectivity index (χ1) is 11.3. The first kappa shape index (κ1) is 17.6. The Morgan fingerprint density at radius 1 is 1.00 bits per heavy atom. The molecule has 0 heterocycles. The Kier molecular flexibility index (Phi) is 7.78. The molecule has 0 amide bonds. The van der Waals surface area contributed by atoms with Gasteiger partial charge >= 0.3 is 0 Å². The van der Waals surface area contributed by atoms with E-state index in [2.05, 4.69) is 17.8 Å². The van der Waals surface area contributed by atoms with E-state index in [1.165, 1.54) is 19.3 Å². The SMILES string of the molecule is CCCCCCOc1ccc(CNNc2ccccc2)cc1Cl. The molecule has 0 spiro atoms. The second-order valence-electron chi connectivity index (χ2n) is 5.52. The molecular formula is C19H25ClN2O. The van der Waals surface area contributed by atoms with Gasteiger partial charge in [0.15, 0.2) is 0 Å². The summed E-state index contributed by atoms with van der Waals surface area (Å²) in [5, 5.41) is 0.666. The van der Waals surface area contributed by atoms with Gasteiger partial charge in [-0.25, -0.2) is 5.43 Å². The Bertz CT molecular complexity index is 575. The number of hydrogen-bond acceptors (Lipinski definition) is 3. The van der Waals surface area contributed by atoms with Crippen molar-refractivity contribution in [2.75, 3.05) is 12.0 Å². The summed E-state index contributed by atoms with van der Waals surface area (Å²) in [5.74, 6) is 0.767. The maximum absolute atomic E-state index is 6.29. The number of nitrogens with one attached hydrogen (secondary N) is 2. The van der Waals surface area contributed by atoms with Gasteiger partial charge in [0.25, 0.3) is 0 Å². The van der Waals surface area contributed by atoms with Gasteiger partial charge in [-0.15, -0.1) is 0 Å². The van der Waals surface area contributed by atoms with Crippen LogP contribution in [0.25, 0.3) is 0 Å². The molecule has 0 fully saturated rings. The smallest absolute Gasteiger partial charge is 0.137 e. The average molecular weight is 333 g/mol. The topological polar surface area (TPSA) is 33.3 Å². The number of unbranched alkanes of at least 4 members (excludes halogenated alkanes) is 3. The monoisotopic (exact) mass is 332 g/mol. The molecule has 124 valence electrons. The van der Waals surface area contributed by atoms with E-state index in [1.54, 1.807) is 0 Å². The van der Waals surface area contributed by atoms with Crippen LogP contribution in [0.5, 0.6) is 5.75 Å². The van der Waals surface area contributed by atoms with Crippen LogP contribution in [-0.2, 0) is 6.54 Å². The molecule has 0 saturated heterocycles. The number of hydrazine groups is 1. The molecule has 0 unspecified atom stereocenters. The first-order valence-corrected chi connectivity index (χ1v) is 8.62. The fourth-order valence-electron chi connectivity index (χ4n) is 2.25. The summed E-state index contributed by atoms with van der Waals surface area (Å²) in [6, 6.07) is 15.9. The molecule has 4 heteroatoms. The summed E-state index contributed by atoms with van der Waals surface area (Å²) in [5.41, 5.74) is 8.48. The van der Waals surface area contributed by atoms with Crippen molar-refractivity contribution in [3.63, 3.8) is 0 Å². The van der Waals surface area contributed by atoms with Gasteiger partial charge in [-0.3, -0.25) is 0 Å². The van der Waals surface area contributed by atoms with Crippen molar-refractivity contribution in [2.45, 2.75) is 39.2 Å². The van der Waals surface area contributed by atoms with Crippen molar-refractivity contribution < 1.29 is 4.74 Å². The number of para-hydroxylation sites is 1. The molecule has 2 N–H and O–H groups in total. The minimum atomic E-state index is 0.666. The van der Waals surface area contributed by atoms with Crippen LogP contribution in [0.15, 0.2) is 48.5 Å². The number of hydrogen-bond donors (Lipinski definition) is 2. The zero-order valence-corrected chi connectivity index (χ0v) is 14.4. The normalized spacial score (nSPS) is 10.5. The van der Waals surface area contributed by atoms with Crippen LogP contribution in [0.4, 0.5) is 5.69 Å². The van der Waals surface area contributed by atoms with E-state index in [0.717, 1.165) is 30.0 Å². The molecular weight excluding hydrogens is 308 g/mol. The highest BCUT2D eigenvalue weighted by atomic mass is 35.5. The predicted octanol–water partition coefficient (Wildman–Crippen LogP) is 5.42. The largest absolute Gasteiger partial charge is 0.492 e. The fraction of sp³-hybridized carbons (Fsp3) is 0.368. The fourth-order valence-corrected chi connectivity index (χ4v) is 2.51. The van der Waals surface area contributed by atoms with E-state index in [1.807, 2.05) is 48.5 Å². The molecule has 0 aliphatic heterocycles. The van der Waals surface area contributed by atoms with E-state index in [9.17, 15) is 0 Å². The Balaban J connectivity index is 1.75. The van der Waals surface area contributed by atoms with E-state index in [0.29, 0.717) is 11.6 Å². The Labute approximate surface area is 144 Å². The molecule has 0 bridgehead atoms. The van der Waals surface area contributed by atoms with Gasteiger partial charge in [-0.2, -0.15) is 0 Å². The zero-order chi connectivity index (χ0) is 16.3. The molecule has 2 rings (SSSR count). The van der Waals surface area contributed by atoms with Gasteiger partial charge in [-0.05, 0) is 36.2 Å². The molecule has 0 saturated carbocycles. The summed E-state index contributed by atoms with van der Waals surface area (Å²) in [6.07, 6.45) is 4.78. The lowest BCUT2D eigenvalue weighted by Gasteiger charge is -2.11. The molecule has 0 atom stereocenters. The standard InChI is InChI=1S/C19H25ClN2O/c1-2-3-4-8-13-23-19-12-11-16(14-18(19)20)15-21-22-17-9-6-5-7-10-17/h5-7,9-12,14,21-22H,2-4,8,13,15H2,1H3. The molecule has 2 aromatic carbocycles. The minimum Gasteiger partial charge on any atom is -0.492 e. The number of anilines is 1. The number of halogens is 1. The van der Waals surface area contributed by atoms with Crippen LogP contribution >= 0.6 is 11.6 Å². The molecule has 0 aromatic heterocycles. The van der Waals surface area contributed by atoms with Crippen molar-refractivity contribution in [1.29, 1.82) is 0 Å². The maximum Gasteiger partial charge on any atom is 0.137 e. The van der Waals surface area contributed by atoms with Crippen molar-refractivity contribution in [3.8, 4) is 5.75 Å². The number of ether oxygens (including phenoxy) is 1. The van der Waals surface area contributed by atoms with Crippen LogP contribution in [0.2, 0.25) is 5.02 Å². The summed E-state index contributed by atoms with van der Waals surface area (Å²) in [4.78, 5) is 0. The van der Waals surface area contributed by atoms with Gasteiger partial charge < -0.3 is 10.2 Å². The van der Waals surface area contributed by atoms with Crippen LogP contribution in [0.3, 0.4) is 0 Å². The lowest BCUT2D eigenvalue weighted by Crippen LogP contribution is -2.20. The van der Waals surface area contributed by atoms with Crippen molar-refractivity contribution in [3.05, 3.63) is 59.1 Å². The Morgan fingerprint density at radius 3 is 2.57 bits per heavy atom. The second-order valence-corrected chi connectivity index (χ2v) is 5.93. The maximum atomic E-state index is 6.29. The van der Waals surface area contributed by atoms with Gasteiger partial charge in [-0.1, -0.05) is 62.1 Å². The van der Waals surface area contributed by atoms with Crippen LogP contribution < -0.4 is 15.6 Å². The van der Waals surface area contributed by atoms with Gasteiger partial charge in [0, 0.05) is 12.2 Å². The lowest BCUT2D eigenvalue weighted by atomic mass is 10.2. The third-order valence-corrected chi connectivity index (χ3v) is 3.85. The highest BCUT2D eigenvalue weighted by Crippen LogP contribution is 2.25. The predicted molar refractivity (Wildman–Crippen MR) is 98.0 cm³/mol. The molecule has 2 aromatic rings. The van der Waals surface area contributed by atoms with E-state index < -0.39 is 0 Å². The van der Waals surface area contributed by atoms with E-state index in [-0.39, 0.29) is 0 Å². The minimum absolute atomic E-state index is 0.666. The van der Waals surface area contributed by atoms with Crippen molar-refractivity contribution >= 4 is 17.3 Å². The Morgan fingerprint density at radius 2 is 1.83 bits per heavy atom. The molecule has 3 nitrogen and oxygen atoms in total. The zero-order valence-electron chi connectivity index (χ0n) is 13.6. The molecule has 23 heavy (non-hydrogen) atoms. The van der Waals surface area contributed by atoms with E-state index >= 15 is 0 Å². The number of rotatable bonds is 10. The summed E-state index contributed by atoms with van der Waals surface area (Å²) < 4.78 is 5.74. The molecule has 0 aliphatic rings. The van der Waals surface area contributed by atoms with Crippen LogP contribution in [-0.4, -0.2) is 6.61 Å². The van der Waals surface area contributed by atoms with Gasteiger partial charge in [0.05, 0.1) is 11.6 Å². The highest BCUT2D eigenvalue weighted by Gasteiger charge is 2.03. The number of benzene rings is 2. The molecule has 0 aliphatic carbocycles. The summed E-state index contributed by atoms with van der Waals surface area (Å²) in [7, 11) is 0. The third kappa shape index (κ3) is 6.51. The van der Waals surface area contributed by atoms with Crippen molar-refractivity contribution in [1.82, 2.24) is 5.43 Å².